The maximum atomic E-state index is 12.5. The van der Waals surface area contributed by atoms with Crippen LogP contribution in [-0.2, 0) is 9.53 Å². The van der Waals surface area contributed by atoms with Crippen molar-refractivity contribution in [2.75, 3.05) is 0 Å². The highest BCUT2D eigenvalue weighted by Gasteiger charge is 2.27. The SMILES string of the molecule is C=CC[C@H](Sc1ccccc1)C(=O)OC(C(C)C)C(C)C. The van der Waals surface area contributed by atoms with Gasteiger partial charge in [-0.05, 0) is 30.4 Å². The molecule has 0 radical (unpaired) electrons. The highest BCUT2D eigenvalue weighted by molar-refractivity contribution is 8.00. The topological polar surface area (TPSA) is 26.3 Å². The minimum atomic E-state index is -0.232. The van der Waals surface area contributed by atoms with Crippen molar-refractivity contribution >= 4 is 17.7 Å². The molecule has 0 spiro atoms. The fourth-order valence-corrected chi connectivity index (χ4v) is 3.29. The van der Waals surface area contributed by atoms with Gasteiger partial charge in [0, 0.05) is 4.90 Å². The molecule has 0 aliphatic carbocycles. The molecule has 2 nitrogen and oxygen atoms in total. The summed E-state index contributed by atoms with van der Waals surface area (Å²) < 4.78 is 5.75. The molecule has 0 heterocycles. The number of carbonyl (C=O) groups excluding carboxylic acids is 1. The molecule has 0 bridgehead atoms. The fourth-order valence-electron chi connectivity index (χ4n) is 2.26. The molecular weight excluding hydrogens is 280 g/mol. The standard InChI is InChI=1S/C18H26O2S/c1-6-10-16(21-15-11-8-7-9-12-15)18(19)20-17(13(2)3)14(4)5/h6-9,11-14,16-17H,1,10H2,2-5H3/t16-/m0/s1. The minimum Gasteiger partial charge on any atom is -0.461 e. The molecule has 0 aromatic heterocycles. The third kappa shape index (κ3) is 5.96. The Morgan fingerprint density at radius 3 is 2.24 bits per heavy atom. The van der Waals surface area contributed by atoms with Crippen LogP contribution >= 0.6 is 11.8 Å². The molecular formula is C18H26O2S. The summed E-state index contributed by atoms with van der Waals surface area (Å²) in [5.41, 5.74) is 0. The minimum absolute atomic E-state index is 0.0406. The van der Waals surface area contributed by atoms with Gasteiger partial charge in [0.2, 0.25) is 0 Å². The van der Waals surface area contributed by atoms with Gasteiger partial charge in [-0.2, -0.15) is 0 Å². The number of allylic oxidation sites excluding steroid dienone is 1. The monoisotopic (exact) mass is 306 g/mol. The zero-order chi connectivity index (χ0) is 15.8. The molecule has 0 aliphatic heterocycles. The zero-order valence-electron chi connectivity index (χ0n) is 13.4. The lowest BCUT2D eigenvalue weighted by atomic mass is 9.96. The third-order valence-corrected chi connectivity index (χ3v) is 4.45. The lowest BCUT2D eigenvalue weighted by molar-refractivity contribution is -0.153. The van der Waals surface area contributed by atoms with Crippen LogP contribution in [0.15, 0.2) is 47.9 Å². The van der Waals surface area contributed by atoms with E-state index in [1.54, 1.807) is 17.8 Å². The molecule has 3 heteroatoms. The molecule has 0 N–H and O–H groups in total. The number of thioether (sulfide) groups is 1. The van der Waals surface area contributed by atoms with Crippen molar-refractivity contribution in [1.29, 1.82) is 0 Å². The maximum Gasteiger partial charge on any atom is 0.320 e. The maximum absolute atomic E-state index is 12.5. The number of rotatable bonds is 8. The van der Waals surface area contributed by atoms with E-state index < -0.39 is 0 Å². The summed E-state index contributed by atoms with van der Waals surface area (Å²) in [6.07, 6.45) is 2.35. The number of hydrogen-bond donors (Lipinski definition) is 0. The Bertz CT molecular complexity index is 432. The van der Waals surface area contributed by atoms with Crippen LogP contribution < -0.4 is 0 Å². The van der Waals surface area contributed by atoms with Crippen molar-refractivity contribution in [3.8, 4) is 0 Å². The average molecular weight is 306 g/mol. The molecule has 1 rings (SSSR count). The lowest BCUT2D eigenvalue weighted by Gasteiger charge is -2.27. The number of esters is 1. The summed E-state index contributed by atoms with van der Waals surface area (Å²) in [6, 6.07) is 9.94. The lowest BCUT2D eigenvalue weighted by Crippen LogP contribution is -2.32. The van der Waals surface area contributed by atoms with Crippen LogP contribution in [0.1, 0.15) is 34.1 Å². The second-order valence-electron chi connectivity index (χ2n) is 5.83. The van der Waals surface area contributed by atoms with E-state index in [0.717, 1.165) is 4.90 Å². The normalized spacial score (nSPS) is 12.7. The predicted octanol–water partition coefficient (Wildman–Crippen LogP) is 4.95. The number of benzene rings is 1. The number of hydrogen-bond acceptors (Lipinski definition) is 3. The highest BCUT2D eigenvalue weighted by Crippen LogP contribution is 2.28. The first-order valence-corrected chi connectivity index (χ1v) is 8.36. The van der Waals surface area contributed by atoms with Crippen LogP contribution in [0.4, 0.5) is 0 Å². The van der Waals surface area contributed by atoms with Crippen molar-refractivity contribution < 1.29 is 9.53 Å². The first-order valence-electron chi connectivity index (χ1n) is 7.48. The summed E-state index contributed by atoms with van der Waals surface area (Å²) in [6.45, 7) is 12.1. The molecule has 0 fully saturated rings. The van der Waals surface area contributed by atoms with Crippen molar-refractivity contribution in [3.05, 3.63) is 43.0 Å². The Labute approximate surface area is 133 Å². The fraction of sp³-hybridized carbons (Fsp3) is 0.500. The van der Waals surface area contributed by atoms with Gasteiger partial charge in [-0.25, -0.2) is 0 Å². The summed E-state index contributed by atoms with van der Waals surface area (Å²) in [7, 11) is 0. The summed E-state index contributed by atoms with van der Waals surface area (Å²) in [5, 5.41) is -0.232. The largest absolute Gasteiger partial charge is 0.461 e. The van der Waals surface area contributed by atoms with Gasteiger partial charge in [0.1, 0.15) is 11.4 Å². The van der Waals surface area contributed by atoms with Crippen molar-refractivity contribution in [2.45, 2.75) is 50.4 Å². The number of carbonyl (C=O) groups is 1. The van der Waals surface area contributed by atoms with E-state index in [4.69, 9.17) is 4.74 Å². The predicted molar refractivity (Wildman–Crippen MR) is 90.5 cm³/mol. The Balaban J connectivity index is 2.75. The van der Waals surface area contributed by atoms with Crippen molar-refractivity contribution in [2.24, 2.45) is 11.8 Å². The molecule has 1 aromatic rings. The van der Waals surface area contributed by atoms with Crippen LogP contribution in [0, 0.1) is 11.8 Å². The quantitative estimate of drug-likeness (QED) is 0.386. The summed E-state index contributed by atoms with van der Waals surface area (Å²) >= 11 is 1.54. The van der Waals surface area contributed by atoms with Gasteiger partial charge in [0.25, 0.3) is 0 Å². The summed E-state index contributed by atoms with van der Waals surface area (Å²) in [5.74, 6) is 0.497. The smallest absolute Gasteiger partial charge is 0.320 e. The molecule has 21 heavy (non-hydrogen) atoms. The molecule has 116 valence electrons. The molecule has 0 saturated heterocycles. The molecule has 0 saturated carbocycles. The van der Waals surface area contributed by atoms with E-state index in [1.807, 2.05) is 30.3 Å². The van der Waals surface area contributed by atoms with Gasteiger partial charge in [-0.1, -0.05) is 52.0 Å². The van der Waals surface area contributed by atoms with Gasteiger partial charge >= 0.3 is 5.97 Å². The second kappa shape index (κ2) is 8.93. The van der Waals surface area contributed by atoms with Gasteiger partial charge in [-0.15, -0.1) is 18.3 Å². The molecule has 0 amide bonds. The third-order valence-electron chi connectivity index (χ3n) is 3.23. The van der Waals surface area contributed by atoms with E-state index in [0.29, 0.717) is 18.3 Å². The van der Waals surface area contributed by atoms with Gasteiger partial charge in [0.05, 0.1) is 0 Å². The number of ether oxygens (including phenoxy) is 1. The Morgan fingerprint density at radius 1 is 1.19 bits per heavy atom. The molecule has 1 aromatic carbocycles. The first-order chi connectivity index (χ1) is 9.95. The average Bonchev–Trinajstić information content (AvgIpc) is 2.44. The Morgan fingerprint density at radius 2 is 1.76 bits per heavy atom. The van der Waals surface area contributed by atoms with E-state index in [2.05, 4.69) is 34.3 Å². The highest BCUT2D eigenvalue weighted by atomic mass is 32.2. The van der Waals surface area contributed by atoms with Crippen LogP contribution in [0.5, 0.6) is 0 Å². The van der Waals surface area contributed by atoms with E-state index in [9.17, 15) is 4.79 Å². The molecule has 0 unspecified atom stereocenters. The van der Waals surface area contributed by atoms with Gasteiger partial charge < -0.3 is 4.74 Å². The van der Waals surface area contributed by atoms with E-state index >= 15 is 0 Å². The summed E-state index contributed by atoms with van der Waals surface area (Å²) in [4.78, 5) is 13.5. The first kappa shape index (κ1) is 17.8. The van der Waals surface area contributed by atoms with Crippen LogP contribution in [0.3, 0.4) is 0 Å². The van der Waals surface area contributed by atoms with Crippen molar-refractivity contribution in [1.82, 2.24) is 0 Å². The van der Waals surface area contributed by atoms with Gasteiger partial charge in [0.15, 0.2) is 0 Å². The van der Waals surface area contributed by atoms with Crippen LogP contribution in [0.25, 0.3) is 0 Å². The zero-order valence-corrected chi connectivity index (χ0v) is 14.2. The Kier molecular flexibility index (Phi) is 7.58. The second-order valence-corrected chi connectivity index (χ2v) is 7.11. The molecule has 0 aliphatic rings. The van der Waals surface area contributed by atoms with Crippen LogP contribution in [-0.4, -0.2) is 17.3 Å². The van der Waals surface area contributed by atoms with E-state index in [1.165, 1.54) is 0 Å². The van der Waals surface area contributed by atoms with Gasteiger partial charge in [-0.3, -0.25) is 4.79 Å². The Hall–Kier alpha value is -1.22. The molecule has 1 atom stereocenters. The van der Waals surface area contributed by atoms with Crippen molar-refractivity contribution in [3.63, 3.8) is 0 Å². The van der Waals surface area contributed by atoms with E-state index in [-0.39, 0.29) is 17.3 Å². The van der Waals surface area contributed by atoms with Crippen LogP contribution in [0.2, 0.25) is 0 Å².